The summed E-state index contributed by atoms with van der Waals surface area (Å²) in [6.45, 7) is 5.42. The molecule has 1 saturated heterocycles. The Balaban J connectivity index is 1.68. The van der Waals surface area contributed by atoms with E-state index in [2.05, 4.69) is 19.2 Å². The Labute approximate surface area is 149 Å². The third-order valence-corrected chi connectivity index (χ3v) is 4.97. The molecule has 0 amide bonds. The van der Waals surface area contributed by atoms with Crippen molar-refractivity contribution in [1.29, 1.82) is 0 Å². The van der Waals surface area contributed by atoms with Gasteiger partial charge < -0.3 is 26.3 Å². The van der Waals surface area contributed by atoms with Crippen molar-refractivity contribution in [2.45, 2.75) is 44.8 Å². The van der Waals surface area contributed by atoms with Gasteiger partial charge in [-0.05, 0) is 69.1 Å². The molecule has 0 spiro atoms. The molecule has 2 aromatic rings. The smallest absolute Gasteiger partial charge is 0.129 e. The van der Waals surface area contributed by atoms with Crippen molar-refractivity contribution in [2.75, 3.05) is 18.0 Å². The van der Waals surface area contributed by atoms with Gasteiger partial charge in [0.1, 0.15) is 22.8 Å². The second kappa shape index (κ2) is 7.23. The molecule has 1 heterocycles. The lowest BCUT2D eigenvalue weighted by Crippen LogP contribution is -2.49. The molecule has 0 aromatic heterocycles. The third-order valence-electron chi connectivity index (χ3n) is 4.97. The van der Waals surface area contributed by atoms with Crippen LogP contribution in [0, 0.1) is 0 Å². The van der Waals surface area contributed by atoms with E-state index >= 15 is 0 Å². The largest absolute Gasteiger partial charge is 0.486 e. The van der Waals surface area contributed by atoms with E-state index in [-0.39, 0.29) is 5.60 Å². The molecule has 1 fully saturated rings. The Morgan fingerprint density at radius 1 is 1.04 bits per heavy atom. The first-order valence-corrected chi connectivity index (χ1v) is 8.85. The molecule has 1 aliphatic heterocycles. The predicted molar refractivity (Wildman–Crippen MR) is 102 cm³/mol. The first-order chi connectivity index (χ1) is 12.0. The van der Waals surface area contributed by atoms with E-state index in [1.165, 1.54) is 6.42 Å². The molecule has 2 atom stereocenters. The summed E-state index contributed by atoms with van der Waals surface area (Å²) in [7, 11) is 0. The van der Waals surface area contributed by atoms with E-state index in [0.717, 1.165) is 30.9 Å². The average Bonchev–Trinajstić information content (AvgIpc) is 3.15. The van der Waals surface area contributed by atoms with Crippen LogP contribution in [0.4, 0.5) is 11.4 Å². The highest BCUT2D eigenvalue weighted by molar-refractivity contribution is 5.65. The maximum absolute atomic E-state index is 6.32. The van der Waals surface area contributed by atoms with Crippen LogP contribution in [0.5, 0.6) is 17.2 Å². The van der Waals surface area contributed by atoms with Crippen molar-refractivity contribution in [3.63, 3.8) is 0 Å². The number of ether oxygens (including phenoxy) is 2. The Bertz CT molecular complexity index is 711. The zero-order chi connectivity index (χ0) is 17.9. The minimum absolute atomic E-state index is 0.204. The first kappa shape index (κ1) is 17.4. The van der Waals surface area contributed by atoms with Crippen molar-refractivity contribution < 1.29 is 9.47 Å². The van der Waals surface area contributed by atoms with Crippen molar-refractivity contribution >= 4 is 11.4 Å². The maximum Gasteiger partial charge on any atom is 0.129 e. The van der Waals surface area contributed by atoms with Crippen LogP contribution in [0.1, 0.15) is 33.1 Å². The van der Waals surface area contributed by atoms with Crippen molar-refractivity contribution in [1.82, 2.24) is 5.32 Å². The van der Waals surface area contributed by atoms with Crippen LogP contribution >= 0.6 is 0 Å². The fraction of sp³-hybridized carbons (Fsp3) is 0.400. The van der Waals surface area contributed by atoms with Gasteiger partial charge in [0, 0.05) is 12.1 Å². The van der Waals surface area contributed by atoms with Crippen molar-refractivity contribution in [3.05, 3.63) is 42.5 Å². The Kier molecular flexibility index (Phi) is 5.04. The van der Waals surface area contributed by atoms with Gasteiger partial charge in [-0.2, -0.15) is 0 Å². The lowest BCUT2D eigenvalue weighted by atomic mass is 9.92. The zero-order valence-corrected chi connectivity index (χ0v) is 14.9. The number of anilines is 2. The molecule has 0 aliphatic carbocycles. The van der Waals surface area contributed by atoms with E-state index in [4.69, 9.17) is 20.9 Å². The summed E-state index contributed by atoms with van der Waals surface area (Å²) < 4.78 is 12.1. The highest BCUT2D eigenvalue weighted by Gasteiger charge is 2.36. The molecule has 5 nitrogen and oxygen atoms in total. The van der Waals surface area contributed by atoms with Crippen molar-refractivity contribution in [3.8, 4) is 17.2 Å². The van der Waals surface area contributed by atoms with Gasteiger partial charge in [0.05, 0.1) is 11.4 Å². The highest BCUT2D eigenvalue weighted by Crippen LogP contribution is 2.31. The molecule has 2 unspecified atom stereocenters. The summed E-state index contributed by atoms with van der Waals surface area (Å²) in [4.78, 5) is 0. The summed E-state index contributed by atoms with van der Waals surface area (Å²) in [5, 5.41) is 3.55. The molecule has 134 valence electrons. The van der Waals surface area contributed by atoms with Gasteiger partial charge in [0.25, 0.3) is 0 Å². The minimum atomic E-state index is -0.204. The molecule has 0 radical (unpaired) electrons. The molecule has 5 heteroatoms. The van der Waals surface area contributed by atoms with Gasteiger partial charge in [0.15, 0.2) is 0 Å². The Morgan fingerprint density at radius 2 is 1.72 bits per heavy atom. The van der Waals surface area contributed by atoms with Gasteiger partial charge in [-0.25, -0.2) is 0 Å². The van der Waals surface area contributed by atoms with E-state index in [9.17, 15) is 0 Å². The molecule has 3 rings (SSSR count). The number of benzene rings is 2. The number of nitrogen functional groups attached to an aromatic ring is 2. The maximum atomic E-state index is 6.32. The molecule has 5 N–H and O–H groups in total. The molecular weight excluding hydrogens is 314 g/mol. The molecular formula is C20H27N3O2. The van der Waals surface area contributed by atoms with E-state index in [1.54, 1.807) is 18.2 Å². The fourth-order valence-corrected chi connectivity index (χ4v) is 3.19. The van der Waals surface area contributed by atoms with Crippen molar-refractivity contribution in [2.24, 2.45) is 0 Å². The summed E-state index contributed by atoms with van der Waals surface area (Å²) in [6.07, 6.45) is 3.32. The van der Waals surface area contributed by atoms with Gasteiger partial charge in [-0.15, -0.1) is 0 Å². The highest BCUT2D eigenvalue weighted by atomic mass is 16.5. The second-order valence-corrected chi connectivity index (χ2v) is 6.78. The number of rotatable bonds is 6. The number of nitrogens with two attached hydrogens (primary N) is 2. The predicted octanol–water partition coefficient (Wildman–Crippen LogP) is 3.94. The van der Waals surface area contributed by atoms with E-state index in [1.807, 2.05) is 24.3 Å². The number of hydrogen-bond donors (Lipinski definition) is 3. The topological polar surface area (TPSA) is 82.5 Å². The minimum Gasteiger partial charge on any atom is -0.486 e. The molecule has 2 aromatic carbocycles. The molecule has 0 saturated carbocycles. The fourth-order valence-electron chi connectivity index (χ4n) is 3.19. The molecule has 0 bridgehead atoms. The van der Waals surface area contributed by atoms with Gasteiger partial charge in [-0.1, -0.05) is 6.92 Å². The standard InChI is InChI=1S/C20H27N3O2/c1-3-20(2,19-5-4-12-23-19)25-15-8-6-14(7-9-15)24-16-10-11-17(21)18(22)13-16/h6-11,13,19,23H,3-5,12,21-22H2,1-2H3. The summed E-state index contributed by atoms with van der Waals surface area (Å²) in [5.74, 6) is 2.24. The van der Waals surface area contributed by atoms with Gasteiger partial charge in [-0.3, -0.25) is 0 Å². The normalized spacial score (nSPS) is 19.4. The molecule has 25 heavy (non-hydrogen) atoms. The van der Waals surface area contributed by atoms with Gasteiger partial charge >= 0.3 is 0 Å². The Hall–Kier alpha value is -2.40. The average molecular weight is 341 g/mol. The summed E-state index contributed by atoms with van der Waals surface area (Å²) in [6, 6.07) is 13.3. The lowest BCUT2D eigenvalue weighted by Gasteiger charge is -2.35. The van der Waals surface area contributed by atoms with Crippen LogP contribution in [-0.2, 0) is 0 Å². The van der Waals surface area contributed by atoms with Crippen LogP contribution < -0.4 is 26.3 Å². The van der Waals surface area contributed by atoms with Crippen LogP contribution in [0.2, 0.25) is 0 Å². The number of nitrogens with one attached hydrogen (secondary N) is 1. The van der Waals surface area contributed by atoms with Crippen LogP contribution in [0.15, 0.2) is 42.5 Å². The van der Waals surface area contributed by atoms with Crippen LogP contribution in [0.25, 0.3) is 0 Å². The van der Waals surface area contributed by atoms with E-state index < -0.39 is 0 Å². The monoisotopic (exact) mass is 341 g/mol. The third kappa shape index (κ3) is 3.99. The first-order valence-electron chi connectivity index (χ1n) is 8.85. The quantitative estimate of drug-likeness (QED) is 0.693. The van der Waals surface area contributed by atoms with Gasteiger partial charge in [0.2, 0.25) is 0 Å². The lowest BCUT2D eigenvalue weighted by molar-refractivity contribution is 0.0488. The second-order valence-electron chi connectivity index (χ2n) is 6.78. The number of hydrogen-bond acceptors (Lipinski definition) is 5. The summed E-state index contributed by atoms with van der Waals surface area (Å²) >= 11 is 0. The molecule has 1 aliphatic rings. The van der Waals surface area contributed by atoms with Crippen LogP contribution in [-0.4, -0.2) is 18.2 Å². The SMILES string of the molecule is CCC(C)(Oc1ccc(Oc2ccc(N)c(N)c2)cc1)C1CCCN1. The summed E-state index contributed by atoms with van der Waals surface area (Å²) in [5.41, 5.74) is 12.4. The Morgan fingerprint density at radius 3 is 2.32 bits per heavy atom. The van der Waals surface area contributed by atoms with Crippen LogP contribution in [0.3, 0.4) is 0 Å². The van der Waals surface area contributed by atoms with E-state index in [0.29, 0.717) is 23.2 Å². The zero-order valence-electron chi connectivity index (χ0n) is 14.9.